The number of carbonyl (C=O) groups is 1. The zero-order chi connectivity index (χ0) is 13.2. The molecule has 2 N–H and O–H groups in total. The lowest BCUT2D eigenvalue weighted by molar-refractivity contribution is -0.122. The molecule has 96 valence electrons. The Bertz CT molecular complexity index is 484. The van der Waals surface area contributed by atoms with Gasteiger partial charge in [-0.15, -0.1) is 0 Å². The largest absolute Gasteiger partial charge is 0.358 e. The zero-order valence-electron chi connectivity index (χ0n) is 10.9. The lowest BCUT2D eigenvalue weighted by atomic mass is 10.1. The van der Waals surface area contributed by atoms with E-state index >= 15 is 0 Å². The van der Waals surface area contributed by atoms with E-state index in [2.05, 4.69) is 20.9 Å². The van der Waals surface area contributed by atoms with E-state index in [4.69, 9.17) is 0 Å². The van der Waals surface area contributed by atoms with Gasteiger partial charge in [-0.05, 0) is 32.9 Å². The Hall–Kier alpha value is -1.91. The third-order valence-corrected chi connectivity index (χ3v) is 2.64. The summed E-state index contributed by atoms with van der Waals surface area (Å²) in [6.45, 7) is 5.74. The van der Waals surface area contributed by atoms with Gasteiger partial charge in [0.25, 0.3) is 0 Å². The van der Waals surface area contributed by atoms with Crippen LogP contribution in [0.15, 0.2) is 34.5 Å². The third-order valence-electron chi connectivity index (χ3n) is 2.64. The topological polar surface area (TPSA) is 65.8 Å². The zero-order valence-corrected chi connectivity index (χ0v) is 10.9. The minimum Gasteiger partial charge on any atom is -0.358 e. The summed E-state index contributed by atoms with van der Waals surface area (Å²) in [4.78, 5) is 11.8. The molecule has 0 bridgehead atoms. The Kier molecular flexibility index (Phi) is 3.32. The molecule has 0 fully saturated rings. The maximum atomic E-state index is 11.8. The van der Waals surface area contributed by atoms with Gasteiger partial charge in [0, 0.05) is 6.04 Å². The molecule has 0 aliphatic carbocycles. The summed E-state index contributed by atoms with van der Waals surface area (Å²) >= 11 is 0. The summed E-state index contributed by atoms with van der Waals surface area (Å²) in [5.41, 5.74) is 1.04. The second-order valence-electron chi connectivity index (χ2n) is 5.01. The van der Waals surface area contributed by atoms with E-state index in [0.717, 1.165) is 11.4 Å². The maximum Gasteiger partial charge on any atom is 0.224 e. The minimum absolute atomic E-state index is 0.0293. The number of nitrogens with one attached hydrogen (secondary N) is 2. The standard InChI is InChI=1S/C13H18N4O/c1-9(2)14-12(18)8-13(3)15-10-6-4-5-7-11(10)16-17-13/h4-7,9,15H,8H2,1-3H3,(H,14,18). The van der Waals surface area contributed by atoms with E-state index in [0.29, 0.717) is 0 Å². The predicted molar refractivity (Wildman–Crippen MR) is 70.9 cm³/mol. The van der Waals surface area contributed by atoms with Crippen molar-refractivity contribution in [3.63, 3.8) is 0 Å². The number of rotatable bonds is 3. The molecule has 0 spiro atoms. The highest BCUT2D eigenvalue weighted by atomic mass is 16.1. The third kappa shape index (κ3) is 2.85. The Morgan fingerprint density at radius 2 is 2.17 bits per heavy atom. The Balaban J connectivity index is 2.09. The first-order valence-electron chi connectivity index (χ1n) is 6.08. The van der Waals surface area contributed by atoms with Crippen LogP contribution in [0.2, 0.25) is 0 Å². The number of para-hydroxylation sites is 1. The highest BCUT2D eigenvalue weighted by molar-refractivity contribution is 5.79. The monoisotopic (exact) mass is 246 g/mol. The van der Waals surface area contributed by atoms with E-state index in [-0.39, 0.29) is 18.4 Å². The maximum absolute atomic E-state index is 11.8. The van der Waals surface area contributed by atoms with Crippen molar-refractivity contribution in [1.29, 1.82) is 0 Å². The number of carbonyl (C=O) groups excluding carboxylic acids is 1. The molecular formula is C13H18N4O. The van der Waals surface area contributed by atoms with Crippen molar-refractivity contribution in [1.82, 2.24) is 5.32 Å². The first-order valence-corrected chi connectivity index (χ1v) is 6.08. The van der Waals surface area contributed by atoms with Gasteiger partial charge in [0.15, 0.2) is 5.66 Å². The number of hydrogen-bond donors (Lipinski definition) is 2. The Morgan fingerprint density at radius 3 is 2.89 bits per heavy atom. The molecular weight excluding hydrogens is 228 g/mol. The molecule has 0 aromatic heterocycles. The van der Waals surface area contributed by atoms with Crippen LogP contribution < -0.4 is 10.6 Å². The van der Waals surface area contributed by atoms with Crippen LogP contribution in [-0.2, 0) is 4.79 Å². The first-order chi connectivity index (χ1) is 8.48. The fourth-order valence-electron chi connectivity index (χ4n) is 1.91. The van der Waals surface area contributed by atoms with Crippen LogP contribution in [0.25, 0.3) is 0 Å². The second kappa shape index (κ2) is 4.76. The molecule has 1 aliphatic heterocycles. The molecule has 1 unspecified atom stereocenters. The molecule has 0 radical (unpaired) electrons. The van der Waals surface area contributed by atoms with Crippen molar-refractivity contribution in [2.24, 2.45) is 10.2 Å². The van der Waals surface area contributed by atoms with Gasteiger partial charge >= 0.3 is 0 Å². The molecule has 1 aromatic carbocycles. The summed E-state index contributed by atoms with van der Waals surface area (Å²) in [5.74, 6) is -0.0293. The molecule has 0 saturated carbocycles. The van der Waals surface area contributed by atoms with Crippen molar-refractivity contribution in [3.8, 4) is 0 Å². The van der Waals surface area contributed by atoms with Crippen LogP contribution in [0.3, 0.4) is 0 Å². The van der Waals surface area contributed by atoms with E-state index in [1.807, 2.05) is 45.0 Å². The van der Waals surface area contributed by atoms with Gasteiger partial charge in [-0.2, -0.15) is 10.2 Å². The lowest BCUT2D eigenvalue weighted by Gasteiger charge is -2.29. The molecule has 1 atom stereocenters. The fraction of sp³-hybridized carbons (Fsp3) is 0.462. The van der Waals surface area contributed by atoms with Crippen molar-refractivity contribution in [2.45, 2.75) is 38.9 Å². The number of amides is 1. The summed E-state index contributed by atoms with van der Waals surface area (Å²) in [6, 6.07) is 7.80. The highest BCUT2D eigenvalue weighted by Crippen LogP contribution is 2.34. The van der Waals surface area contributed by atoms with Gasteiger partial charge in [-0.25, -0.2) is 0 Å². The Morgan fingerprint density at radius 1 is 1.44 bits per heavy atom. The molecule has 1 aromatic rings. The van der Waals surface area contributed by atoms with Crippen LogP contribution in [0.1, 0.15) is 27.2 Å². The first kappa shape index (κ1) is 12.5. The second-order valence-corrected chi connectivity index (χ2v) is 5.01. The van der Waals surface area contributed by atoms with Gasteiger partial charge in [-0.1, -0.05) is 12.1 Å². The number of nitrogens with zero attached hydrogens (tertiary/aromatic N) is 2. The smallest absolute Gasteiger partial charge is 0.224 e. The normalized spacial score (nSPS) is 21.3. The van der Waals surface area contributed by atoms with Crippen LogP contribution in [0.5, 0.6) is 0 Å². The van der Waals surface area contributed by atoms with Crippen LogP contribution in [-0.4, -0.2) is 17.6 Å². The summed E-state index contributed by atoms with van der Waals surface area (Å²) in [7, 11) is 0. The molecule has 5 nitrogen and oxygen atoms in total. The van der Waals surface area contributed by atoms with E-state index < -0.39 is 5.66 Å². The van der Waals surface area contributed by atoms with Crippen LogP contribution in [0.4, 0.5) is 11.4 Å². The van der Waals surface area contributed by atoms with E-state index in [1.165, 1.54) is 0 Å². The van der Waals surface area contributed by atoms with Gasteiger partial charge in [-0.3, -0.25) is 4.79 Å². The molecule has 5 heteroatoms. The SMILES string of the molecule is CC(C)NC(=O)CC1(C)N=Nc2ccccc2N1. The number of azo groups is 1. The van der Waals surface area contributed by atoms with E-state index in [1.54, 1.807) is 0 Å². The molecule has 0 saturated heterocycles. The number of hydrogen-bond acceptors (Lipinski definition) is 4. The lowest BCUT2D eigenvalue weighted by Crippen LogP contribution is -2.41. The molecule has 2 rings (SSSR count). The Labute approximate surface area is 107 Å². The predicted octanol–water partition coefficient (Wildman–Crippen LogP) is 2.83. The number of fused-ring (bicyclic) bond motifs is 1. The van der Waals surface area contributed by atoms with Crippen LogP contribution in [0, 0.1) is 0 Å². The van der Waals surface area contributed by atoms with Gasteiger partial charge in [0.1, 0.15) is 5.69 Å². The van der Waals surface area contributed by atoms with Crippen molar-refractivity contribution < 1.29 is 4.79 Å². The van der Waals surface area contributed by atoms with Crippen molar-refractivity contribution in [2.75, 3.05) is 5.32 Å². The van der Waals surface area contributed by atoms with Crippen molar-refractivity contribution >= 4 is 17.3 Å². The minimum atomic E-state index is -0.673. The molecule has 1 aliphatic rings. The number of benzene rings is 1. The highest BCUT2D eigenvalue weighted by Gasteiger charge is 2.30. The van der Waals surface area contributed by atoms with Crippen molar-refractivity contribution in [3.05, 3.63) is 24.3 Å². The average molecular weight is 246 g/mol. The van der Waals surface area contributed by atoms with Gasteiger partial charge < -0.3 is 10.6 Å². The fourth-order valence-corrected chi connectivity index (χ4v) is 1.91. The molecule has 1 amide bonds. The molecule has 1 heterocycles. The summed E-state index contributed by atoms with van der Waals surface area (Å²) < 4.78 is 0. The van der Waals surface area contributed by atoms with Gasteiger partial charge in [0.05, 0.1) is 12.1 Å². The summed E-state index contributed by atoms with van der Waals surface area (Å²) in [6.07, 6.45) is 0.267. The molecule has 18 heavy (non-hydrogen) atoms. The number of anilines is 1. The average Bonchev–Trinajstić information content (AvgIpc) is 2.26. The van der Waals surface area contributed by atoms with Gasteiger partial charge in [0.2, 0.25) is 5.91 Å². The summed E-state index contributed by atoms with van der Waals surface area (Å²) in [5, 5.41) is 14.5. The quantitative estimate of drug-likeness (QED) is 0.861. The van der Waals surface area contributed by atoms with E-state index in [9.17, 15) is 4.79 Å². The van der Waals surface area contributed by atoms with Crippen LogP contribution >= 0.6 is 0 Å².